The molecule has 5 rings (SSSR count). The van der Waals surface area contributed by atoms with Gasteiger partial charge in [0.2, 0.25) is 0 Å². The summed E-state index contributed by atoms with van der Waals surface area (Å²) in [6.45, 7) is 13.5. The molecule has 0 bridgehead atoms. The molecule has 0 fully saturated rings. The molecule has 0 heterocycles. The van der Waals surface area contributed by atoms with Gasteiger partial charge in [0.1, 0.15) is 0 Å². The second-order valence-electron chi connectivity index (χ2n) is 10.7. The van der Waals surface area contributed by atoms with Gasteiger partial charge in [-0.1, -0.05) is 88.4 Å². The molecule has 2 nitrogen and oxygen atoms in total. The van der Waals surface area contributed by atoms with E-state index in [0.717, 1.165) is 30.0 Å². The average molecular weight is 449 g/mol. The van der Waals surface area contributed by atoms with Gasteiger partial charge < -0.3 is 0 Å². The SMILES string of the molecule is CC1=CC=CC(C(C)C)C1N=C1C(=Nc2c(C)cccc2C(C)C)C2=c3c1cccc3=CCC2. The number of para-hydroxylation sites is 1. The lowest BCUT2D eigenvalue weighted by molar-refractivity contribution is 0.414. The van der Waals surface area contributed by atoms with Gasteiger partial charge in [0.25, 0.3) is 0 Å². The molecular formula is C32H36N2. The number of aliphatic imine (C=N–C) groups is 2. The van der Waals surface area contributed by atoms with Crippen LogP contribution in [0.3, 0.4) is 0 Å². The molecule has 2 aromatic rings. The molecule has 2 atom stereocenters. The zero-order valence-corrected chi connectivity index (χ0v) is 21.4. The topological polar surface area (TPSA) is 24.7 Å². The van der Waals surface area contributed by atoms with E-state index in [0.29, 0.717) is 17.8 Å². The van der Waals surface area contributed by atoms with Gasteiger partial charge in [0, 0.05) is 11.5 Å². The van der Waals surface area contributed by atoms with E-state index in [1.807, 2.05) is 0 Å². The molecule has 0 amide bonds. The molecule has 3 aliphatic rings. The number of allylic oxidation sites excluding steroid dienone is 2. The Morgan fingerprint density at radius 1 is 0.941 bits per heavy atom. The van der Waals surface area contributed by atoms with E-state index in [4.69, 9.17) is 9.98 Å². The first-order chi connectivity index (χ1) is 16.4. The maximum Gasteiger partial charge on any atom is 0.0934 e. The van der Waals surface area contributed by atoms with Crippen molar-refractivity contribution in [3.05, 3.63) is 87.3 Å². The summed E-state index contributed by atoms with van der Waals surface area (Å²) >= 11 is 0. The van der Waals surface area contributed by atoms with Gasteiger partial charge in [-0.3, -0.25) is 4.99 Å². The summed E-state index contributed by atoms with van der Waals surface area (Å²) < 4.78 is 0. The lowest BCUT2D eigenvalue weighted by Gasteiger charge is -2.28. The molecule has 174 valence electrons. The highest BCUT2D eigenvalue weighted by Gasteiger charge is 2.32. The fraction of sp³-hybridized carbons (Fsp3) is 0.375. The Morgan fingerprint density at radius 2 is 1.74 bits per heavy atom. The summed E-state index contributed by atoms with van der Waals surface area (Å²) in [6, 6.07) is 13.4. The highest BCUT2D eigenvalue weighted by molar-refractivity contribution is 6.63. The Kier molecular flexibility index (Phi) is 6.02. The third-order valence-electron chi connectivity index (χ3n) is 7.60. The van der Waals surface area contributed by atoms with Crippen molar-refractivity contribution in [1.82, 2.24) is 0 Å². The molecule has 0 saturated heterocycles. The zero-order chi connectivity index (χ0) is 24.0. The van der Waals surface area contributed by atoms with Crippen molar-refractivity contribution in [3.8, 4) is 0 Å². The summed E-state index contributed by atoms with van der Waals surface area (Å²) in [7, 11) is 0. The molecule has 0 spiro atoms. The van der Waals surface area contributed by atoms with Gasteiger partial charge in [-0.05, 0) is 71.2 Å². The van der Waals surface area contributed by atoms with Crippen LogP contribution >= 0.6 is 0 Å². The second-order valence-corrected chi connectivity index (χ2v) is 10.7. The smallest absolute Gasteiger partial charge is 0.0934 e. The van der Waals surface area contributed by atoms with Gasteiger partial charge in [-0.15, -0.1) is 0 Å². The average Bonchev–Trinajstić information content (AvgIpc) is 3.10. The Balaban J connectivity index is 1.78. The first-order valence-electron chi connectivity index (χ1n) is 12.8. The highest BCUT2D eigenvalue weighted by atomic mass is 14.9. The molecule has 2 heteroatoms. The summed E-state index contributed by atoms with van der Waals surface area (Å²) in [5, 5.41) is 2.70. The minimum Gasteiger partial charge on any atom is -0.274 e. The van der Waals surface area contributed by atoms with E-state index < -0.39 is 0 Å². The van der Waals surface area contributed by atoms with Crippen molar-refractivity contribution in [2.24, 2.45) is 21.8 Å². The molecule has 2 aromatic carbocycles. The molecular weight excluding hydrogens is 412 g/mol. The van der Waals surface area contributed by atoms with Crippen LogP contribution in [0.2, 0.25) is 0 Å². The van der Waals surface area contributed by atoms with Crippen LogP contribution in [0.15, 0.2) is 70.2 Å². The van der Waals surface area contributed by atoms with Crippen molar-refractivity contribution in [2.45, 2.75) is 66.3 Å². The van der Waals surface area contributed by atoms with Crippen molar-refractivity contribution < 1.29 is 0 Å². The largest absolute Gasteiger partial charge is 0.274 e. The van der Waals surface area contributed by atoms with Crippen molar-refractivity contribution >= 4 is 28.8 Å². The number of hydrogen-bond acceptors (Lipinski definition) is 2. The van der Waals surface area contributed by atoms with Gasteiger partial charge in [0.15, 0.2) is 0 Å². The van der Waals surface area contributed by atoms with Crippen LogP contribution in [-0.2, 0) is 0 Å². The van der Waals surface area contributed by atoms with Gasteiger partial charge in [-0.2, -0.15) is 0 Å². The van der Waals surface area contributed by atoms with Gasteiger partial charge in [0.05, 0.1) is 23.2 Å². The molecule has 0 radical (unpaired) electrons. The number of aryl methyl sites for hydroxylation is 1. The first kappa shape index (κ1) is 22.8. The Bertz CT molecular complexity index is 1380. The van der Waals surface area contributed by atoms with E-state index >= 15 is 0 Å². The number of hydrogen-bond donors (Lipinski definition) is 0. The van der Waals surface area contributed by atoms with Crippen LogP contribution in [0.4, 0.5) is 5.69 Å². The zero-order valence-electron chi connectivity index (χ0n) is 21.4. The van der Waals surface area contributed by atoms with Crippen LogP contribution in [0.1, 0.15) is 70.1 Å². The maximum atomic E-state index is 5.54. The van der Waals surface area contributed by atoms with Crippen LogP contribution in [0, 0.1) is 18.8 Å². The van der Waals surface area contributed by atoms with Crippen molar-refractivity contribution in [3.63, 3.8) is 0 Å². The normalized spacial score (nSPS) is 23.6. The standard InChI is InChI=1S/C32H36N2/c1-19(2)24-15-7-11-21(5)29(24)33-31-26-17-9-13-23-14-10-18-27(28(23)26)32(31)34-30-22(6)12-8-16-25(30)20(3)4/h7-9,11-17,19-20,24,29H,10,18H2,1-6H3. The molecule has 34 heavy (non-hydrogen) atoms. The third-order valence-corrected chi connectivity index (χ3v) is 7.60. The van der Waals surface area contributed by atoms with Crippen LogP contribution in [0.5, 0.6) is 0 Å². The predicted molar refractivity (Wildman–Crippen MR) is 147 cm³/mol. The van der Waals surface area contributed by atoms with E-state index in [1.54, 1.807) is 0 Å². The van der Waals surface area contributed by atoms with Crippen LogP contribution < -0.4 is 10.4 Å². The Hall–Kier alpha value is -3.00. The van der Waals surface area contributed by atoms with E-state index in [9.17, 15) is 0 Å². The number of nitrogens with zero attached hydrogens (tertiary/aromatic N) is 2. The van der Waals surface area contributed by atoms with Crippen LogP contribution in [0.25, 0.3) is 11.6 Å². The second kappa shape index (κ2) is 8.98. The van der Waals surface area contributed by atoms with Gasteiger partial charge in [-0.25, -0.2) is 4.99 Å². The molecule has 0 aliphatic heterocycles. The minimum absolute atomic E-state index is 0.146. The molecule has 0 aromatic heterocycles. The lowest BCUT2D eigenvalue weighted by atomic mass is 9.82. The monoisotopic (exact) mass is 448 g/mol. The molecule has 2 unspecified atom stereocenters. The fourth-order valence-corrected chi connectivity index (χ4v) is 5.70. The Labute approximate surface area is 204 Å². The van der Waals surface area contributed by atoms with E-state index in [2.05, 4.69) is 102 Å². The summed E-state index contributed by atoms with van der Waals surface area (Å²) in [5.41, 5.74) is 9.80. The first-order valence-corrected chi connectivity index (χ1v) is 12.8. The van der Waals surface area contributed by atoms with Crippen LogP contribution in [-0.4, -0.2) is 17.5 Å². The number of rotatable bonds is 4. The van der Waals surface area contributed by atoms with Crippen molar-refractivity contribution in [1.29, 1.82) is 0 Å². The minimum atomic E-state index is 0.146. The third kappa shape index (κ3) is 3.83. The molecule has 0 saturated carbocycles. The highest BCUT2D eigenvalue weighted by Crippen LogP contribution is 2.34. The molecule has 3 aliphatic carbocycles. The summed E-state index contributed by atoms with van der Waals surface area (Å²) in [6.07, 6.45) is 11.2. The lowest BCUT2D eigenvalue weighted by Crippen LogP contribution is -2.30. The quantitative estimate of drug-likeness (QED) is 0.505. The maximum absolute atomic E-state index is 5.54. The van der Waals surface area contributed by atoms with E-state index in [1.165, 1.54) is 38.3 Å². The van der Waals surface area contributed by atoms with E-state index in [-0.39, 0.29) is 6.04 Å². The summed E-state index contributed by atoms with van der Waals surface area (Å²) in [4.78, 5) is 11.0. The Morgan fingerprint density at radius 3 is 2.50 bits per heavy atom. The number of benzene rings is 2. The fourth-order valence-electron chi connectivity index (χ4n) is 5.70. The molecule has 0 N–H and O–H groups in total. The summed E-state index contributed by atoms with van der Waals surface area (Å²) in [5.74, 6) is 1.34. The van der Waals surface area contributed by atoms with Gasteiger partial charge >= 0.3 is 0 Å². The van der Waals surface area contributed by atoms with Crippen molar-refractivity contribution in [2.75, 3.05) is 0 Å². The predicted octanol–water partition coefficient (Wildman–Crippen LogP) is 6.58.